The van der Waals surface area contributed by atoms with E-state index in [0.29, 0.717) is 23.1 Å². The van der Waals surface area contributed by atoms with Gasteiger partial charge in [0.2, 0.25) is 0 Å². The number of nitrogen functional groups attached to an aromatic ring is 1. The summed E-state index contributed by atoms with van der Waals surface area (Å²) in [5.74, 6) is 0. The lowest BCUT2D eigenvalue weighted by Crippen LogP contribution is -2.26. The number of hydrogen-bond donors (Lipinski definition) is 1. The summed E-state index contributed by atoms with van der Waals surface area (Å²) in [7, 11) is 3.94. The predicted molar refractivity (Wildman–Crippen MR) is 69.0 cm³/mol. The van der Waals surface area contributed by atoms with Gasteiger partial charge in [-0.1, -0.05) is 0 Å². The van der Waals surface area contributed by atoms with Gasteiger partial charge in [0.25, 0.3) is 5.56 Å². The van der Waals surface area contributed by atoms with Gasteiger partial charge in [0.1, 0.15) is 0 Å². The molecule has 2 rings (SSSR count). The number of anilines is 1. The Balaban J connectivity index is 2.46. The molecule has 5 nitrogen and oxygen atoms in total. The highest BCUT2D eigenvalue weighted by Gasteiger charge is 2.04. The molecule has 0 radical (unpaired) electrons. The second-order valence-electron chi connectivity index (χ2n) is 4.32. The molecule has 0 atom stereocenters. The summed E-state index contributed by atoms with van der Waals surface area (Å²) >= 11 is 0. The van der Waals surface area contributed by atoms with Crippen molar-refractivity contribution in [2.45, 2.75) is 6.54 Å². The van der Waals surface area contributed by atoms with E-state index >= 15 is 0 Å². The smallest absolute Gasteiger partial charge is 0.261 e. The zero-order valence-corrected chi connectivity index (χ0v) is 10.1. The van der Waals surface area contributed by atoms with E-state index in [1.165, 1.54) is 0 Å². The lowest BCUT2D eigenvalue weighted by Gasteiger charge is -2.11. The zero-order chi connectivity index (χ0) is 12.4. The monoisotopic (exact) mass is 232 g/mol. The fourth-order valence-electron chi connectivity index (χ4n) is 1.64. The summed E-state index contributed by atoms with van der Waals surface area (Å²) < 4.78 is 1.61. The highest BCUT2D eigenvalue weighted by atomic mass is 16.1. The standard InChI is InChI=1S/C12H16N4O/c1-15(2)5-6-16-8-14-11-4-3-9(13)7-10(11)12(16)17/h3-4,7-8H,5-6,13H2,1-2H3. The molecule has 0 saturated carbocycles. The Morgan fingerprint density at radius 2 is 2.18 bits per heavy atom. The Kier molecular flexibility index (Phi) is 3.10. The Labute approximate surface area is 99.5 Å². The van der Waals surface area contributed by atoms with Gasteiger partial charge in [-0.25, -0.2) is 4.98 Å². The average Bonchev–Trinajstić information content (AvgIpc) is 2.29. The van der Waals surface area contributed by atoms with Crippen LogP contribution in [0.15, 0.2) is 29.3 Å². The molecular weight excluding hydrogens is 216 g/mol. The summed E-state index contributed by atoms with van der Waals surface area (Å²) in [6.45, 7) is 1.43. The molecule has 1 aromatic heterocycles. The van der Waals surface area contributed by atoms with Crippen LogP contribution in [0.3, 0.4) is 0 Å². The lowest BCUT2D eigenvalue weighted by atomic mass is 10.2. The van der Waals surface area contributed by atoms with Gasteiger partial charge in [0.05, 0.1) is 17.2 Å². The maximum atomic E-state index is 12.1. The normalized spacial score (nSPS) is 11.2. The zero-order valence-electron chi connectivity index (χ0n) is 10.1. The first-order chi connectivity index (χ1) is 8.08. The van der Waals surface area contributed by atoms with Gasteiger partial charge in [-0.15, -0.1) is 0 Å². The van der Waals surface area contributed by atoms with Crippen LogP contribution in [-0.4, -0.2) is 35.1 Å². The Hall–Kier alpha value is -1.88. The summed E-state index contributed by atoms with van der Waals surface area (Å²) in [4.78, 5) is 18.4. The van der Waals surface area contributed by atoms with Gasteiger partial charge in [-0.2, -0.15) is 0 Å². The molecule has 90 valence electrons. The second kappa shape index (κ2) is 4.55. The molecule has 0 spiro atoms. The first kappa shape index (κ1) is 11.6. The summed E-state index contributed by atoms with van der Waals surface area (Å²) in [6, 6.07) is 5.19. The van der Waals surface area contributed by atoms with Crippen LogP contribution in [0.1, 0.15) is 0 Å². The number of aromatic nitrogens is 2. The average molecular weight is 232 g/mol. The van der Waals surface area contributed by atoms with Crippen LogP contribution in [-0.2, 0) is 6.54 Å². The van der Waals surface area contributed by atoms with E-state index < -0.39 is 0 Å². The van der Waals surface area contributed by atoms with Gasteiger partial charge in [0.15, 0.2) is 0 Å². The Morgan fingerprint density at radius 1 is 1.41 bits per heavy atom. The molecular formula is C12H16N4O. The van der Waals surface area contributed by atoms with Crippen molar-refractivity contribution in [2.75, 3.05) is 26.4 Å². The Bertz CT molecular complexity index is 589. The minimum absolute atomic E-state index is 0.0378. The van der Waals surface area contributed by atoms with Crippen molar-refractivity contribution < 1.29 is 0 Å². The van der Waals surface area contributed by atoms with E-state index in [0.717, 1.165) is 6.54 Å². The number of hydrogen-bond acceptors (Lipinski definition) is 4. The van der Waals surface area contributed by atoms with Crippen molar-refractivity contribution in [3.63, 3.8) is 0 Å². The lowest BCUT2D eigenvalue weighted by molar-refractivity contribution is 0.380. The van der Waals surface area contributed by atoms with Crippen LogP contribution < -0.4 is 11.3 Å². The molecule has 0 fully saturated rings. The molecule has 1 heterocycles. The van der Waals surface area contributed by atoms with Crippen molar-refractivity contribution in [3.8, 4) is 0 Å². The minimum Gasteiger partial charge on any atom is -0.399 e. The molecule has 0 aliphatic carbocycles. The Morgan fingerprint density at radius 3 is 2.88 bits per heavy atom. The summed E-state index contributed by atoms with van der Waals surface area (Å²) in [5.41, 5.74) is 6.91. The van der Waals surface area contributed by atoms with Crippen LogP contribution >= 0.6 is 0 Å². The van der Waals surface area contributed by atoms with Crippen LogP contribution in [0.5, 0.6) is 0 Å². The summed E-state index contributed by atoms with van der Waals surface area (Å²) in [5, 5.41) is 0.575. The van der Waals surface area contributed by atoms with Crippen molar-refractivity contribution in [1.29, 1.82) is 0 Å². The minimum atomic E-state index is -0.0378. The van der Waals surface area contributed by atoms with Gasteiger partial charge in [-0.05, 0) is 32.3 Å². The summed E-state index contributed by atoms with van der Waals surface area (Å²) in [6.07, 6.45) is 1.59. The number of benzene rings is 1. The number of fused-ring (bicyclic) bond motifs is 1. The maximum Gasteiger partial charge on any atom is 0.261 e. The SMILES string of the molecule is CN(C)CCn1cnc2ccc(N)cc2c1=O. The fraction of sp³-hybridized carbons (Fsp3) is 0.333. The van der Waals surface area contributed by atoms with Crippen LogP contribution in [0, 0.1) is 0 Å². The molecule has 17 heavy (non-hydrogen) atoms. The number of nitrogens with two attached hydrogens (primary N) is 1. The second-order valence-corrected chi connectivity index (χ2v) is 4.32. The van der Waals surface area contributed by atoms with Crippen molar-refractivity contribution in [3.05, 3.63) is 34.9 Å². The molecule has 0 amide bonds. The first-order valence-corrected chi connectivity index (χ1v) is 5.47. The predicted octanol–water partition coefficient (Wildman–Crippen LogP) is 0.540. The molecule has 0 unspecified atom stereocenters. The van der Waals surface area contributed by atoms with E-state index in [2.05, 4.69) is 4.98 Å². The van der Waals surface area contributed by atoms with Crippen molar-refractivity contribution >= 4 is 16.6 Å². The van der Waals surface area contributed by atoms with Crippen LogP contribution in [0.2, 0.25) is 0 Å². The maximum absolute atomic E-state index is 12.1. The number of likely N-dealkylation sites (N-methyl/N-ethyl adjacent to an activating group) is 1. The first-order valence-electron chi connectivity index (χ1n) is 5.47. The van der Waals surface area contributed by atoms with Crippen LogP contribution in [0.4, 0.5) is 5.69 Å². The molecule has 2 aromatic rings. The third kappa shape index (κ3) is 2.45. The topological polar surface area (TPSA) is 64.2 Å². The molecule has 0 saturated heterocycles. The molecule has 2 N–H and O–H groups in total. The molecule has 0 aliphatic rings. The number of rotatable bonds is 3. The largest absolute Gasteiger partial charge is 0.399 e. The molecule has 5 heteroatoms. The van der Waals surface area contributed by atoms with E-state index in [4.69, 9.17) is 5.73 Å². The van der Waals surface area contributed by atoms with Gasteiger partial charge < -0.3 is 10.6 Å². The highest BCUT2D eigenvalue weighted by Crippen LogP contribution is 2.10. The van der Waals surface area contributed by atoms with Gasteiger partial charge in [-0.3, -0.25) is 9.36 Å². The van der Waals surface area contributed by atoms with Crippen molar-refractivity contribution in [2.24, 2.45) is 0 Å². The van der Waals surface area contributed by atoms with Crippen LogP contribution in [0.25, 0.3) is 10.9 Å². The van der Waals surface area contributed by atoms with Gasteiger partial charge in [0, 0.05) is 18.8 Å². The quantitative estimate of drug-likeness (QED) is 0.784. The molecule has 1 aromatic carbocycles. The van der Waals surface area contributed by atoms with E-state index in [1.807, 2.05) is 19.0 Å². The third-order valence-corrected chi connectivity index (χ3v) is 2.64. The van der Waals surface area contributed by atoms with Crippen molar-refractivity contribution in [1.82, 2.24) is 14.5 Å². The fourth-order valence-corrected chi connectivity index (χ4v) is 1.64. The number of nitrogens with zero attached hydrogens (tertiary/aromatic N) is 3. The molecule has 0 bridgehead atoms. The van der Waals surface area contributed by atoms with E-state index in [9.17, 15) is 4.79 Å². The highest BCUT2D eigenvalue weighted by molar-refractivity contribution is 5.80. The van der Waals surface area contributed by atoms with E-state index in [-0.39, 0.29) is 5.56 Å². The van der Waals surface area contributed by atoms with Gasteiger partial charge >= 0.3 is 0 Å². The van der Waals surface area contributed by atoms with E-state index in [1.54, 1.807) is 29.1 Å². The third-order valence-electron chi connectivity index (χ3n) is 2.64. The molecule has 0 aliphatic heterocycles.